The minimum atomic E-state index is -4.22. The topological polar surface area (TPSA) is 73.7 Å². The molecule has 202 valence electrons. The molecule has 1 aromatic heterocycles. The molecular weight excluding hydrogens is 494 g/mol. The highest BCUT2D eigenvalue weighted by Gasteiger charge is 2.42. The summed E-state index contributed by atoms with van der Waals surface area (Å²) in [5, 5.41) is 0. The SMILES string of the molecule is CCOCC(c1ccc(F)cc1)n1c(C)nc2c(c1=O)CCN(C(=O)O[C@H]1CC[C@@H](C(F)(F)F)CC1)C2. The minimum absolute atomic E-state index is 0.0540. The monoisotopic (exact) mass is 525 g/mol. The van der Waals surface area contributed by atoms with Crippen molar-refractivity contribution in [3.8, 4) is 0 Å². The minimum Gasteiger partial charge on any atom is -0.446 e. The molecule has 2 aliphatic rings. The van der Waals surface area contributed by atoms with Crippen LogP contribution in [-0.4, -0.2) is 52.6 Å². The van der Waals surface area contributed by atoms with E-state index in [1.54, 1.807) is 23.6 Å². The summed E-state index contributed by atoms with van der Waals surface area (Å²) < 4.78 is 64.9. The van der Waals surface area contributed by atoms with Gasteiger partial charge in [0.1, 0.15) is 17.7 Å². The molecule has 0 spiro atoms. The number of halogens is 4. The Morgan fingerprint density at radius 3 is 2.46 bits per heavy atom. The summed E-state index contributed by atoms with van der Waals surface area (Å²) in [7, 11) is 0. The van der Waals surface area contributed by atoms with Gasteiger partial charge in [-0.25, -0.2) is 14.2 Å². The Balaban J connectivity index is 1.49. The van der Waals surface area contributed by atoms with Crippen LogP contribution in [0.5, 0.6) is 0 Å². The van der Waals surface area contributed by atoms with Gasteiger partial charge in [-0.1, -0.05) is 12.1 Å². The van der Waals surface area contributed by atoms with Crippen molar-refractivity contribution < 1.29 is 31.8 Å². The third-order valence-electron chi connectivity index (χ3n) is 7.15. The summed E-state index contributed by atoms with van der Waals surface area (Å²) in [5.41, 5.74) is 1.43. The molecule has 1 aromatic carbocycles. The highest BCUT2D eigenvalue weighted by molar-refractivity contribution is 5.68. The number of nitrogens with zero attached hydrogens (tertiary/aromatic N) is 3. The van der Waals surface area contributed by atoms with Crippen molar-refractivity contribution in [1.29, 1.82) is 0 Å². The molecular formula is C26H31F4N3O4. The third-order valence-corrected chi connectivity index (χ3v) is 7.15. The predicted molar refractivity (Wildman–Crippen MR) is 127 cm³/mol. The van der Waals surface area contributed by atoms with Gasteiger partial charge < -0.3 is 14.4 Å². The lowest BCUT2D eigenvalue weighted by Crippen LogP contribution is -2.43. The van der Waals surface area contributed by atoms with Crippen LogP contribution in [0.4, 0.5) is 22.4 Å². The second-order valence-electron chi connectivity index (χ2n) is 9.56. The maximum absolute atomic E-state index is 13.6. The van der Waals surface area contributed by atoms with Crippen molar-refractivity contribution in [1.82, 2.24) is 14.5 Å². The molecule has 11 heteroatoms. The van der Waals surface area contributed by atoms with Crippen LogP contribution >= 0.6 is 0 Å². The second-order valence-corrected chi connectivity index (χ2v) is 9.56. The van der Waals surface area contributed by atoms with Gasteiger partial charge in [-0.3, -0.25) is 9.36 Å². The standard InChI is InChI=1S/C26H31F4N3O4/c1-3-36-15-23(17-4-8-19(27)9-5-17)33-16(2)31-22-14-32(13-12-21(22)24(33)34)25(35)37-20-10-6-18(7-11-20)26(28,29)30/h4-5,8-9,18,20,23H,3,6-7,10-15H2,1-2H3/t18-,20+,23?. The van der Waals surface area contributed by atoms with Crippen molar-refractivity contribution in [2.24, 2.45) is 5.92 Å². The number of alkyl halides is 3. The molecule has 2 heterocycles. The smallest absolute Gasteiger partial charge is 0.410 e. The maximum Gasteiger partial charge on any atom is 0.410 e. The molecule has 1 atom stereocenters. The van der Waals surface area contributed by atoms with Crippen LogP contribution in [0, 0.1) is 18.7 Å². The zero-order valence-electron chi connectivity index (χ0n) is 20.9. The number of fused-ring (bicyclic) bond motifs is 1. The second kappa shape index (κ2) is 11.2. The van der Waals surface area contributed by atoms with Crippen molar-refractivity contribution in [2.45, 2.75) is 70.8 Å². The Morgan fingerprint density at radius 1 is 1.16 bits per heavy atom. The lowest BCUT2D eigenvalue weighted by Gasteiger charge is -2.33. The molecule has 1 aliphatic carbocycles. The van der Waals surface area contributed by atoms with Gasteiger partial charge in [0.15, 0.2) is 0 Å². The van der Waals surface area contributed by atoms with Crippen LogP contribution in [0.1, 0.15) is 61.3 Å². The van der Waals surface area contributed by atoms with Gasteiger partial charge in [0.05, 0.1) is 30.8 Å². The van der Waals surface area contributed by atoms with Crippen molar-refractivity contribution in [3.63, 3.8) is 0 Å². The summed E-state index contributed by atoms with van der Waals surface area (Å²) in [4.78, 5) is 32.4. The lowest BCUT2D eigenvalue weighted by atomic mass is 9.87. The number of aryl methyl sites for hydroxylation is 1. The molecule has 37 heavy (non-hydrogen) atoms. The molecule has 1 amide bonds. The molecule has 0 N–H and O–H groups in total. The zero-order chi connectivity index (χ0) is 26.7. The molecule has 1 saturated carbocycles. The average molecular weight is 526 g/mol. The fourth-order valence-electron chi connectivity index (χ4n) is 5.10. The van der Waals surface area contributed by atoms with E-state index in [-0.39, 0.29) is 63.2 Å². The quantitative estimate of drug-likeness (QED) is 0.500. The summed E-state index contributed by atoms with van der Waals surface area (Å²) >= 11 is 0. The first-order valence-corrected chi connectivity index (χ1v) is 12.5. The van der Waals surface area contributed by atoms with E-state index in [0.29, 0.717) is 29.3 Å². The van der Waals surface area contributed by atoms with Gasteiger partial charge in [0.2, 0.25) is 0 Å². The van der Waals surface area contributed by atoms with Gasteiger partial charge >= 0.3 is 12.3 Å². The average Bonchev–Trinajstić information content (AvgIpc) is 2.86. The molecule has 1 fully saturated rings. The largest absolute Gasteiger partial charge is 0.446 e. The summed E-state index contributed by atoms with van der Waals surface area (Å²) in [6.07, 6.45) is -4.87. The van der Waals surface area contributed by atoms with E-state index in [4.69, 9.17) is 9.47 Å². The van der Waals surface area contributed by atoms with Gasteiger partial charge in [0, 0.05) is 18.7 Å². The van der Waals surface area contributed by atoms with Gasteiger partial charge in [-0.15, -0.1) is 0 Å². The first-order chi connectivity index (χ1) is 17.6. The highest BCUT2D eigenvalue weighted by atomic mass is 19.4. The number of ether oxygens (including phenoxy) is 2. The van der Waals surface area contributed by atoms with E-state index < -0.39 is 30.3 Å². The van der Waals surface area contributed by atoms with E-state index in [1.165, 1.54) is 17.0 Å². The van der Waals surface area contributed by atoms with E-state index >= 15 is 0 Å². The Kier molecular flexibility index (Phi) is 8.20. The zero-order valence-corrected chi connectivity index (χ0v) is 20.9. The number of benzene rings is 1. The lowest BCUT2D eigenvalue weighted by molar-refractivity contribution is -0.186. The maximum atomic E-state index is 13.6. The molecule has 1 unspecified atom stereocenters. The van der Waals surface area contributed by atoms with Crippen LogP contribution in [0.2, 0.25) is 0 Å². The number of carbonyl (C=O) groups excluding carboxylic acids is 1. The first-order valence-electron chi connectivity index (χ1n) is 12.5. The summed E-state index contributed by atoms with van der Waals surface area (Å²) in [6, 6.07) is 5.40. The number of amides is 1. The van der Waals surface area contributed by atoms with Crippen LogP contribution in [0.15, 0.2) is 29.1 Å². The fraction of sp³-hybridized carbons (Fsp3) is 0.577. The van der Waals surface area contributed by atoms with E-state index in [9.17, 15) is 27.2 Å². The number of hydrogen-bond donors (Lipinski definition) is 0. The molecule has 0 bridgehead atoms. The van der Waals surface area contributed by atoms with Crippen molar-refractivity contribution in [2.75, 3.05) is 19.8 Å². The number of aromatic nitrogens is 2. The molecule has 0 radical (unpaired) electrons. The number of rotatable bonds is 6. The number of carbonyl (C=O) groups is 1. The Bertz CT molecular complexity index is 1160. The first kappa shape index (κ1) is 27.1. The molecule has 2 aromatic rings. The van der Waals surface area contributed by atoms with Crippen LogP contribution in [-0.2, 0) is 22.4 Å². The molecule has 1 aliphatic heterocycles. The Labute approximate surface area is 212 Å². The molecule has 0 saturated heterocycles. The van der Waals surface area contributed by atoms with Crippen molar-refractivity contribution in [3.05, 3.63) is 63.1 Å². The highest BCUT2D eigenvalue weighted by Crippen LogP contribution is 2.38. The van der Waals surface area contributed by atoms with Crippen LogP contribution in [0.25, 0.3) is 0 Å². The van der Waals surface area contributed by atoms with E-state index in [0.717, 1.165) is 0 Å². The van der Waals surface area contributed by atoms with Gasteiger partial charge in [-0.05, 0) is 63.6 Å². The summed E-state index contributed by atoms with van der Waals surface area (Å²) in [6.45, 7) is 4.50. The molecule has 7 nitrogen and oxygen atoms in total. The Morgan fingerprint density at radius 2 is 1.84 bits per heavy atom. The van der Waals surface area contributed by atoms with Crippen LogP contribution in [0.3, 0.4) is 0 Å². The van der Waals surface area contributed by atoms with E-state index in [1.807, 2.05) is 6.92 Å². The van der Waals surface area contributed by atoms with Crippen LogP contribution < -0.4 is 5.56 Å². The molecule has 4 rings (SSSR count). The fourth-order valence-corrected chi connectivity index (χ4v) is 5.10. The predicted octanol–water partition coefficient (Wildman–Crippen LogP) is 4.93. The third kappa shape index (κ3) is 6.14. The summed E-state index contributed by atoms with van der Waals surface area (Å²) in [5.74, 6) is -1.30. The van der Waals surface area contributed by atoms with Gasteiger partial charge in [0.25, 0.3) is 5.56 Å². The normalized spacial score (nSPS) is 20.9. The van der Waals surface area contributed by atoms with Gasteiger partial charge in [-0.2, -0.15) is 13.2 Å². The Hall–Kier alpha value is -2.95. The van der Waals surface area contributed by atoms with E-state index in [2.05, 4.69) is 4.98 Å². The number of hydrogen-bond acceptors (Lipinski definition) is 5. The van der Waals surface area contributed by atoms with Crippen molar-refractivity contribution >= 4 is 6.09 Å².